The number of hydrogen-bond donors (Lipinski definition) is 0. The van der Waals surface area contributed by atoms with E-state index in [2.05, 4.69) is 19.9 Å². The third-order valence-electron chi connectivity index (χ3n) is 8.09. The smallest absolute Gasteiger partial charge is 0.302 e. The Morgan fingerprint density at radius 3 is 2.71 bits per heavy atom. The van der Waals surface area contributed by atoms with Crippen molar-refractivity contribution in [3.63, 3.8) is 0 Å². The zero-order chi connectivity index (χ0) is 17.1. The van der Waals surface area contributed by atoms with Crippen LogP contribution in [0, 0.1) is 28.6 Å². The summed E-state index contributed by atoms with van der Waals surface area (Å²) in [5.74, 6) is 2.29. The lowest BCUT2D eigenvalue weighted by Gasteiger charge is -2.58. The number of allylic oxidation sites excluding steroid dienone is 2. The maximum Gasteiger partial charge on any atom is 0.302 e. The summed E-state index contributed by atoms with van der Waals surface area (Å²) in [4.78, 5) is 23.7. The highest BCUT2D eigenvalue weighted by molar-refractivity contribution is 5.92. The number of ketones is 1. The van der Waals surface area contributed by atoms with Crippen molar-refractivity contribution < 1.29 is 14.3 Å². The molecule has 4 rings (SSSR count). The van der Waals surface area contributed by atoms with E-state index in [4.69, 9.17) is 4.74 Å². The normalized spacial score (nSPS) is 47.3. The Morgan fingerprint density at radius 1 is 1.17 bits per heavy atom. The van der Waals surface area contributed by atoms with Crippen LogP contribution in [0.15, 0.2) is 11.6 Å². The first kappa shape index (κ1) is 16.4. The third kappa shape index (κ3) is 2.23. The van der Waals surface area contributed by atoms with Crippen LogP contribution in [0.25, 0.3) is 0 Å². The Kier molecular flexibility index (Phi) is 3.71. The van der Waals surface area contributed by atoms with Crippen molar-refractivity contribution >= 4 is 11.8 Å². The Bertz CT molecular complexity index is 606. The van der Waals surface area contributed by atoms with E-state index in [1.165, 1.54) is 31.8 Å². The molecular formula is C21H30O3. The van der Waals surface area contributed by atoms with Crippen LogP contribution in [0.2, 0.25) is 0 Å². The van der Waals surface area contributed by atoms with Crippen molar-refractivity contribution in [3.8, 4) is 0 Å². The van der Waals surface area contributed by atoms with E-state index in [1.807, 2.05) is 0 Å². The predicted molar refractivity (Wildman–Crippen MR) is 92.3 cm³/mol. The largest absolute Gasteiger partial charge is 0.463 e. The molecule has 0 aliphatic heterocycles. The number of hydrogen-bond acceptors (Lipinski definition) is 3. The summed E-state index contributed by atoms with van der Waals surface area (Å²) in [7, 11) is 0. The molecule has 0 N–H and O–H groups in total. The molecule has 132 valence electrons. The number of rotatable bonds is 1. The van der Waals surface area contributed by atoms with Gasteiger partial charge in [0.1, 0.15) is 11.9 Å². The fraction of sp³-hybridized carbons (Fsp3) is 0.810. The standard InChI is InChI=1S/C21H30O3/c1-13(22)24-15-8-10-20(2)14(12-15)4-5-16-17-6-7-19(23)21(17,3)11-9-18(16)20/h6,14-16,18H,4-5,7-12H2,1-3H3/t14-,15-,16-,18-,20-,21-/m0/s1. The number of ether oxygens (including phenoxy) is 1. The van der Waals surface area contributed by atoms with Gasteiger partial charge in [0.2, 0.25) is 0 Å². The lowest BCUT2D eigenvalue weighted by molar-refractivity contribution is -0.155. The summed E-state index contributed by atoms with van der Waals surface area (Å²) >= 11 is 0. The van der Waals surface area contributed by atoms with Gasteiger partial charge in [0.15, 0.2) is 0 Å². The summed E-state index contributed by atoms with van der Waals surface area (Å²) < 4.78 is 5.53. The molecule has 3 heteroatoms. The molecule has 0 aromatic rings. The van der Waals surface area contributed by atoms with Crippen LogP contribution < -0.4 is 0 Å². The van der Waals surface area contributed by atoms with E-state index >= 15 is 0 Å². The van der Waals surface area contributed by atoms with Gasteiger partial charge in [-0.2, -0.15) is 0 Å². The summed E-state index contributed by atoms with van der Waals surface area (Å²) in [5.41, 5.74) is 1.68. The maximum atomic E-state index is 12.4. The van der Waals surface area contributed by atoms with Gasteiger partial charge < -0.3 is 4.74 Å². The molecule has 24 heavy (non-hydrogen) atoms. The van der Waals surface area contributed by atoms with Crippen molar-refractivity contribution in [2.45, 2.75) is 78.2 Å². The second-order valence-electron chi connectivity index (χ2n) is 9.16. The minimum atomic E-state index is -0.153. The second kappa shape index (κ2) is 5.44. The van der Waals surface area contributed by atoms with Gasteiger partial charge in [-0.3, -0.25) is 9.59 Å². The van der Waals surface area contributed by atoms with Crippen molar-refractivity contribution in [1.82, 2.24) is 0 Å². The molecule has 0 heterocycles. The van der Waals surface area contributed by atoms with E-state index in [9.17, 15) is 9.59 Å². The zero-order valence-corrected chi connectivity index (χ0v) is 15.3. The van der Waals surface area contributed by atoms with Crippen LogP contribution >= 0.6 is 0 Å². The maximum absolute atomic E-state index is 12.4. The molecule has 0 unspecified atom stereocenters. The quantitative estimate of drug-likeness (QED) is 0.527. The number of esters is 1. The summed E-state index contributed by atoms with van der Waals surface area (Å²) in [6.45, 7) is 6.20. The van der Waals surface area contributed by atoms with Gasteiger partial charge in [0, 0.05) is 18.8 Å². The minimum Gasteiger partial charge on any atom is -0.463 e. The van der Waals surface area contributed by atoms with Gasteiger partial charge in [-0.05, 0) is 75.0 Å². The fourth-order valence-corrected chi connectivity index (χ4v) is 6.71. The molecule has 0 bridgehead atoms. The van der Waals surface area contributed by atoms with E-state index in [0.717, 1.165) is 25.7 Å². The van der Waals surface area contributed by atoms with Gasteiger partial charge in [0.25, 0.3) is 0 Å². The average molecular weight is 330 g/mol. The van der Waals surface area contributed by atoms with Crippen molar-refractivity contribution in [1.29, 1.82) is 0 Å². The minimum absolute atomic E-state index is 0.123. The highest BCUT2D eigenvalue weighted by Gasteiger charge is 2.57. The van der Waals surface area contributed by atoms with Gasteiger partial charge in [-0.15, -0.1) is 0 Å². The molecule has 6 atom stereocenters. The molecule has 0 saturated heterocycles. The van der Waals surface area contributed by atoms with Gasteiger partial charge in [-0.25, -0.2) is 0 Å². The van der Waals surface area contributed by atoms with Crippen LogP contribution in [-0.4, -0.2) is 17.9 Å². The Morgan fingerprint density at radius 2 is 1.96 bits per heavy atom. The molecule has 3 nitrogen and oxygen atoms in total. The van der Waals surface area contributed by atoms with Gasteiger partial charge in [-0.1, -0.05) is 18.6 Å². The number of carbonyl (C=O) groups is 2. The van der Waals surface area contributed by atoms with Crippen LogP contribution in [0.4, 0.5) is 0 Å². The number of carbonyl (C=O) groups excluding carboxylic acids is 2. The molecule has 4 aliphatic carbocycles. The Labute approximate surface area is 145 Å². The number of fused-ring (bicyclic) bond motifs is 5. The molecule has 0 aromatic heterocycles. The zero-order valence-electron chi connectivity index (χ0n) is 15.3. The van der Waals surface area contributed by atoms with Crippen molar-refractivity contribution in [2.75, 3.05) is 0 Å². The first-order valence-corrected chi connectivity index (χ1v) is 9.75. The van der Waals surface area contributed by atoms with Crippen molar-refractivity contribution in [3.05, 3.63) is 11.6 Å². The predicted octanol–water partition coefficient (Wildman–Crippen LogP) is 4.45. The first-order valence-electron chi connectivity index (χ1n) is 9.75. The van der Waals surface area contributed by atoms with Crippen molar-refractivity contribution in [2.24, 2.45) is 28.6 Å². The topological polar surface area (TPSA) is 43.4 Å². The summed E-state index contributed by atoms with van der Waals surface area (Å²) in [6, 6.07) is 0. The molecule has 4 aliphatic rings. The van der Waals surface area contributed by atoms with E-state index in [-0.39, 0.29) is 17.5 Å². The average Bonchev–Trinajstić information content (AvgIpc) is 2.83. The van der Waals surface area contributed by atoms with E-state index < -0.39 is 0 Å². The monoisotopic (exact) mass is 330 g/mol. The van der Waals surface area contributed by atoms with Gasteiger partial charge >= 0.3 is 5.97 Å². The molecule has 0 aromatic carbocycles. The molecule has 3 fully saturated rings. The van der Waals surface area contributed by atoms with Crippen LogP contribution in [0.1, 0.15) is 72.1 Å². The molecular weight excluding hydrogens is 300 g/mol. The Hall–Kier alpha value is -1.12. The summed E-state index contributed by atoms with van der Waals surface area (Å²) in [6.07, 6.45) is 10.9. The molecule has 0 radical (unpaired) electrons. The fourth-order valence-electron chi connectivity index (χ4n) is 6.71. The molecule has 3 saturated carbocycles. The van der Waals surface area contributed by atoms with E-state index in [0.29, 0.717) is 35.4 Å². The highest BCUT2D eigenvalue weighted by atomic mass is 16.5. The van der Waals surface area contributed by atoms with Crippen LogP contribution in [-0.2, 0) is 14.3 Å². The van der Waals surface area contributed by atoms with Crippen LogP contribution in [0.5, 0.6) is 0 Å². The number of Topliss-reactive ketones (excluding diaryl/α,β-unsaturated/α-hetero) is 1. The lowest BCUT2D eigenvalue weighted by atomic mass is 9.46. The van der Waals surface area contributed by atoms with Crippen LogP contribution in [0.3, 0.4) is 0 Å². The highest BCUT2D eigenvalue weighted by Crippen LogP contribution is 2.64. The molecule has 0 spiro atoms. The first-order chi connectivity index (χ1) is 11.3. The second-order valence-corrected chi connectivity index (χ2v) is 9.16. The molecule has 0 amide bonds. The van der Waals surface area contributed by atoms with Gasteiger partial charge in [0.05, 0.1) is 0 Å². The third-order valence-corrected chi connectivity index (χ3v) is 8.09. The SMILES string of the molecule is CC(=O)O[C@H]1CC[C@@]2(C)[C@@H](CC[C@H]3C4=CCC(=O)[C@@]4(C)CC[C@@H]32)C1. The summed E-state index contributed by atoms with van der Waals surface area (Å²) in [5, 5.41) is 0. The van der Waals surface area contributed by atoms with E-state index in [1.54, 1.807) is 0 Å². The Balaban J connectivity index is 1.57. The lowest BCUT2D eigenvalue weighted by Crippen LogP contribution is -2.52.